The lowest BCUT2D eigenvalue weighted by atomic mass is 9.75. The third-order valence-corrected chi connectivity index (χ3v) is 3.93. The van der Waals surface area contributed by atoms with Gasteiger partial charge in [-0.3, -0.25) is 4.79 Å². The summed E-state index contributed by atoms with van der Waals surface area (Å²) in [5.74, 6) is 0.546. The van der Waals surface area contributed by atoms with Crippen LogP contribution in [0.2, 0.25) is 0 Å². The maximum absolute atomic E-state index is 12.3. The first-order chi connectivity index (χ1) is 9.13. The molecule has 5 heteroatoms. The van der Waals surface area contributed by atoms with Crippen LogP contribution in [0.4, 0.5) is 0 Å². The van der Waals surface area contributed by atoms with Crippen LogP contribution in [0.5, 0.6) is 0 Å². The van der Waals surface area contributed by atoms with Crippen LogP contribution in [0.25, 0.3) is 0 Å². The van der Waals surface area contributed by atoms with Gasteiger partial charge in [0.2, 0.25) is 5.91 Å². The van der Waals surface area contributed by atoms with Crippen molar-refractivity contribution in [3.8, 4) is 0 Å². The predicted octanol–water partition coefficient (Wildman–Crippen LogP) is 0.791. The molecule has 0 aromatic carbocycles. The number of hydrogen-bond acceptors (Lipinski definition) is 4. The molecule has 1 amide bonds. The molecule has 0 aromatic heterocycles. The van der Waals surface area contributed by atoms with E-state index in [-0.39, 0.29) is 11.3 Å². The van der Waals surface area contributed by atoms with E-state index in [0.717, 1.165) is 25.9 Å². The smallest absolute Gasteiger partial charge is 0.227 e. The summed E-state index contributed by atoms with van der Waals surface area (Å²) < 4.78 is 10.3. The maximum Gasteiger partial charge on any atom is 0.227 e. The third-order valence-electron chi connectivity index (χ3n) is 3.93. The molecule has 1 aliphatic rings. The summed E-state index contributed by atoms with van der Waals surface area (Å²) >= 11 is 0. The molecule has 1 atom stereocenters. The molecule has 0 aromatic rings. The Morgan fingerprint density at radius 3 is 2.74 bits per heavy atom. The van der Waals surface area contributed by atoms with Gasteiger partial charge >= 0.3 is 0 Å². The zero-order valence-electron chi connectivity index (χ0n) is 12.5. The number of rotatable bonds is 9. The molecular formula is C14H28N2O3. The van der Waals surface area contributed by atoms with Crippen LogP contribution in [-0.2, 0) is 14.3 Å². The lowest BCUT2D eigenvalue weighted by molar-refractivity contribution is -0.132. The fourth-order valence-corrected chi connectivity index (χ4v) is 2.46. The summed E-state index contributed by atoms with van der Waals surface area (Å²) in [7, 11) is 1.66. The molecule has 0 bridgehead atoms. The zero-order valence-corrected chi connectivity index (χ0v) is 12.5. The van der Waals surface area contributed by atoms with Gasteiger partial charge in [0, 0.05) is 26.8 Å². The lowest BCUT2D eigenvalue weighted by Crippen LogP contribution is -2.46. The number of nitrogens with one attached hydrogen (secondary N) is 2. The van der Waals surface area contributed by atoms with Crippen molar-refractivity contribution in [1.29, 1.82) is 0 Å². The topological polar surface area (TPSA) is 59.6 Å². The number of amides is 1. The molecule has 1 saturated heterocycles. The number of carbonyl (C=O) groups is 1. The first kappa shape index (κ1) is 16.4. The molecule has 1 aliphatic heterocycles. The molecule has 0 spiro atoms. The van der Waals surface area contributed by atoms with Gasteiger partial charge in [-0.05, 0) is 25.3 Å². The molecule has 1 rings (SSSR count). The van der Waals surface area contributed by atoms with Gasteiger partial charge in [-0.15, -0.1) is 0 Å². The van der Waals surface area contributed by atoms with E-state index in [1.807, 2.05) is 0 Å². The van der Waals surface area contributed by atoms with Crippen LogP contribution in [0.1, 0.15) is 26.7 Å². The second-order valence-electron chi connectivity index (χ2n) is 5.45. The van der Waals surface area contributed by atoms with Gasteiger partial charge in [0.05, 0.1) is 18.6 Å². The van der Waals surface area contributed by atoms with Gasteiger partial charge in [-0.2, -0.15) is 0 Å². The molecular weight excluding hydrogens is 244 g/mol. The Morgan fingerprint density at radius 1 is 1.37 bits per heavy atom. The minimum absolute atomic E-state index is 0.185. The number of methoxy groups -OCH3 is 1. The zero-order chi connectivity index (χ0) is 14.1. The number of ether oxygens (including phenoxy) is 2. The molecule has 2 N–H and O–H groups in total. The van der Waals surface area contributed by atoms with E-state index in [1.54, 1.807) is 7.11 Å². The summed E-state index contributed by atoms with van der Waals surface area (Å²) in [6, 6.07) is 0. The van der Waals surface area contributed by atoms with E-state index in [9.17, 15) is 4.79 Å². The van der Waals surface area contributed by atoms with E-state index in [2.05, 4.69) is 24.5 Å². The quantitative estimate of drug-likeness (QED) is 0.609. The monoisotopic (exact) mass is 272 g/mol. The first-order valence-electron chi connectivity index (χ1n) is 7.19. The Morgan fingerprint density at radius 2 is 2.16 bits per heavy atom. The molecule has 0 radical (unpaired) electrons. The van der Waals surface area contributed by atoms with E-state index < -0.39 is 0 Å². The van der Waals surface area contributed by atoms with E-state index >= 15 is 0 Å². The molecule has 19 heavy (non-hydrogen) atoms. The van der Waals surface area contributed by atoms with Crippen LogP contribution in [0.3, 0.4) is 0 Å². The molecule has 1 heterocycles. The van der Waals surface area contributed by atoms with E-state index in [4.69, 9.17) is 9.47 Å². The minimum atomic E-state index is -0.225. The van der Waals surface area contributed by atoms with E-state index in [0.29, 0.717) is 32.3 Å². The molecule has 0 saturated carbocycles. The van der Waals surface area contributed by atoms with Crippen molar-refractivity contribution < 1.29 is 14.3 Å². The molecule has 1 fully saturated rings. The Balaban J connectivity index is 2.19. The summed E-state index contributed by atoms with van der Waals surface area (Å²) in [4.78, 5) is 12.3. The van der Waals surface area contributed by atoms with Crippen LogP contribution in [-0.4, -0.2) is 52.5 Å². The molecule has 0 aliphatic carbocycles. The van der Waals surface area contributed by atoms with Crippen LogP contribution >= 0.6 is 0 Å². The third kappa shape index (κ3) is 4.75. The highest BCUT2D eigenvalue weighted by Crippen LogP contribution is 2.34. The van der Waals surface area contributed by atoms with Gasteiger partial charge < -0.3 is 20.1 Å². The Labute approximate surface area is 116 Å². The molecule has 5 nitrogen and oxygen atoms in total. The normalized spacial score (nSPS) is 22.9. The lowest BCUT2D eigenvalue weighted by Gasteiger charge is -2.31. The molecule has 1 unspecified atom stereocenters. The Kier molecular flexibility index (Phi) is 7.34. The van der Waals surface area contributed by atoms with Gasteiger partial charge in [0.25, 0.3) is 0 Å². The highest BCUT2D eigenvalue weighted by molar-refractivity contribution is 5.83. The summed E-state index contributed by atoms with van der Waals surface area (Å²) in [6.07, 6.45) is 1.78. The average molecular weight is 272 g/mol. The summed E-state index contributed by atoms with van der Waals surface area (Å²) in [6.45, 7) is 8.56. The van der Waals surface area contributed by atoms with Gasteiger partial charge in [-0.25, -0.2) is 0 Å². The van der Waals surface area contributed by atoms with Crippen molar-refractivity contribution in [3.63, 3.8) is 0 Å². The Bertz CT molecular complexity index is 263. The summed E-state index contributed by atoms with van der Waals surface area (Å²) in [5, 5.41) is 6.35. The first-order valence-corrected chi connectivity index (χ1v) is 7.19. The predicted molar refractivity (Wildman–Crippen MR) is 75.1 cm³/mol. The second-order valence-corrected chi connectivity index (χ2v) is 5.45. The van der Waals surface area contributed by atoms with Gasteiger partial charge in [0.1, 0.15) is 0 Å². The van der Waals surface area contributed by atoms with Gasteiger partial charge in [-0.1, -0.05) is 13.8 Å². The average Bonchev–Trinajstić information content (AvgIpc) is 2.88. The molecule has 112 valence electrons. The van der Waals surface area contributed by atoms with Crippen LogP contribution in [0, 0.1) is 11.3 Å². The maximum atomic E-state index is 12.3. The van der Waals surface area contributed by atoms with Crippen molar-refractivity contribution in [2.45, 2.75) is 26.7 Å². The minimum Gasteiger partial charge on any atom is -0.382 e. The Hall–Kier alpha value is -0.650. The van der Waals surface area contributed by atoms with Crippen molar-refractivity contribution in [2.75, 3.05) is 46.6 Å². The van der Waals surface area contributed by atoms with Gasteiger partial charge in [0.15, 0.2) is 0 Å². The highest BCUT2D eigenvalue weighted by atomic mass is 16.5. The van der Waals surface area contributed by atoms with E-state index in [1.165, 1.54) is 0 Å². The summed E-state index contributed by atoms with van der Waals surface area (Å²) in [5.41, 5.74) is -0.225. The van der Waals surface area contributed by atoms with Crippen molar-refractivity contribution in [1.82, 2.24) is 10.6 Å². The SMILES string of the molecule is COCCOCCCNC(=O)C1(C(C)C)CCNC1. The fourth-order valence-electron chi connectivity index (χ4n) is 2.46. The van der Waals surface area contributed by atoms with Crippen molar-refractivity contribution in [2.24, 2.45) is 11.3 Å². The van der Waals surface area contributed by atoms with Crippen LogP contribution < -0.4 is 10.6 Å². The fraction of sp³-hybridized carbons (Fsp3) is 0.929. The van der Waals surface area contributed by atoms with Crippen molar-refractivity contribution >= 4 is 5.91 Å². The number of carbonyl (C=O) groups excluding carboxylic acids is 1. The number of hydrogen-bond donors (Lipinski definition) is 2. The standard InChI is InChI=1S/C14H28N2O3/c1-12(2)14(5-7-15-11-14)13(17)16-6-4-8-19-10-9-18-3/h12,15H,4-11H2,1-3H3,(H,16,17). The van der Waals surface area contributed by atoms with Crippen molar-refractivity contribution in [3.05, 3.63) is 0 Å². The second kappa shape index (κ2) is 8.51. The largest absolute Gasteiger partial charge is 0.382 e. The van der Waals surface area contributed by atoms with Crippen LogP contribution in [0.15, 0.2) is 0 Å². The highest BCUT2D eigenvalue weighted by Gasteiger charge is 2.43.